The van der Waals surface area contributed by atoms with Gasteiger partial charge >= 0.3 is 18.0 Å². The van der Waals surface area contributed by atoms with Gasteiger partial charge in [0.05, 0.1) is 79.6 Å². The molecule has 2 aromatic carbocycles. The zero-order valence-corrected chi connectivity index (χ0v) is 49.3. The Morgan fingerprint density at radius 2 is 1.23 bits per heavy atom. The van der Waals surface area contributed by atoms with E-state index in [1.54, 1.807) is 81.5 Å². The van der Waals surface area contributed by atoms with Gasteiger partial charge in [-0.2, -0.15) is 0 Å². The normalized spacial score (nSPS) is 35.1. The van der Waals surface area contributed by atoms with Crippen molar-refractivity contribution in [2.45, 2.75) is 189 Å². The van der Waals surface area contributed by atoms with E-state index in [-0.39, 0.29) is 57.2 Å². The van der Waals surface area contributed by atoms with Gasteiger partial charge < -0.3 is 90.5 Å². The second-order valence-corrected chi connectivity index (χ2v) is 23.1. The summed E-state index contributed by atoms with van der Waals surface area (Å²) < 4.78 is 29.6. The highest BCUT2D eigenvalue weighted by Crippen LogP contribution is 2.45. The number of carbonyl (C=O) groups excluding carboxylic acids is 2. The molecule has 474 valence electrons. The molecule has 1 amide bonds. The Morgan fingerprint density at radius 1 is 0.640 bits per heavy atom. The summed E-state index contributed by atoms with van der Waals surface area (Å²) in [6, 6.07) is 15.0. The number of hydrogen-bond acceptors (Lipinski definition) is 19. The molecule has 3 aliphatic heterocycles. The fourth-order valence-corrected chi connectivity index (χ4v) is 11.4. The second-order valence-electron chi connectivity index (χ2n) is 23.1. The van der Waals surface area contributed by atoms with E-state index in [1.165, 1.54) is 6.08 Å². The number of rotatable bonds is 10. The molecular weight excluding hydrogens is 1110 g/mol. The molecule has 6 rings (SSSR count). The molecule has 1 unspecified atom stereocenters. The SMILES string of the molecule is C[C@@H]1[C@H](O)[C@@H](C)C=CC=CC=CC=CC=CC=CC=C[C@H](O[C@@H]2O[C@H](C)[C@@H](O)[C@H](NCCCNC(=O)OCC3c4ccccc4-c4ccccc43)[C@@H]2O)CC2O[C@](O)(C[C@@H](O)C[C@@H](O)[C@H](O)CC[C@@H](O)C[C@@H](O)CC(=O)O[C@H]1C)C[C@H](O)[C@H]2C(=O)O. The predicted molar refractivity (Wildman–Crippen MR) is 318 cm³/mol. The highest BCUT2D eigenvalue weighted by atomic mass is 16.7. The van der Waals surface area contributed by atoms with Crippen LogP contribution in [0, 0.1) is 17.8 Å². The summed E-state index contributed by atoms with van der Waals surface area (Å²) in [6.07, 6.45) is 2.64. The van der Waals surface area contributed by atoms with Gasteiger partial charge in [0, 0.05) is 50.0 Å². The van der Waals surface area contributed by atoms with Crippen molar-refractivity contribution >= 4 is 18.0 Å². The van der Waals surface area contributed by atoms with Crippen molar-refractivity contribution in [3.63, 3.8) is 0 Å². The number of carboxylic acids is 1. The lowest BCUT2D eigenvalue weighted by Gasteiger charge is -2.45. The van der Waals surface area contributed by atoms with Crippen molar-refractivity contribution in [2.75, 3.05) is 19.7 Å². The number of allylic oxidation sites excluding steroid dienone is 12. The maximum atomic E-state index is 12.9. The topological polar surface area (TPSA) is 344 Å². The molecule has 3 heterocycles. The molecule has 0 radical (unpaired) electrons. The molecule has 19 atom stereocenters. The van der Waals surface area contributed by atoms with Crippen LogP contribution in [0.25, 0.3) is 11.1 Å². The minimum atomic E-state index is -2.37. The van der Waals surface area contributed by atoms with E-state index in [1.807, 2.05) is 73.7 Å². The van der Waals surface area contributed by atoms with Crippen LogP contribution < -0.4 is 10.6 Å². The third-order valence-corrected chi connectivity index (χ3v) is 16.3. The number of carboxylic acid groups (broad SMARTS) is 1. The summed E-state index contributed by atoms with van der Waals surface area (Å²) in [4.78, 5) is 38.4. The third-order valence-electron chi connectivity index (χ3n) is 16.3. The van der Waals surface area contributed by atoms with Gasteiger partial charge in [-0.15, -0.1) is 0 Å². The van der Waals surface area contributed by atoms with Crippen LogP contribution >= 0.6 is 0 Å². The van der Waals surface area contributed by atoms with E-state index < -0.39 is 153 Å². The molecule has 0 saturated carbocycles. The summed E-state index contributed by atoms with van der Waals surface area (Å²) in [5.41, 5.74) is 4.37. The fourth-order valence-electron chi connectivity index (χ4n) is 11.4. The van der Waals surface area contributed by atoms with Gasteiger partial charge in [0.25, 0.3) is 0 Å². The van der Waals surface area contributed by atoms with E-state index in [2.05, 4.69) is 10.6 Å². The zero-order chi connectivity index (χ0) is 62.5. The average molecular weight is 1200 g/mol. The van der Waals surface area contributed by atoms with Crippen LogP contribution in [0.4, 0.5) is 4.79 Å². The Hall–Kier alpha value is -5.73. The van der Waals surface area contributed by atoms with Crippen molar-refractivity contribution in [3.8, 4) is 11.1 Å². The smallest absolute Gasteiger partial charge is 0.407 e. The van der Waals surface area contributed by atoms with Gasteiger partial charge in [0.15, 0.2) is 12.1 Å². The number of amides is 1. The Labute approximate surface area is 503 Å². The molecule has 0 aromatic heterocycles. The van der Waals surface area contributed by atoms with Crippen LogP contribution in [0.3, 0.4) is 0 Å². The minimum Gasteiger partial charge on any atom is -0.481 e. The molecule has 2 fully saturated rings. The van der Waals surface area contributed by atoms with Gasteiger partial charge in [-0.1, -0.05) is 147 Å². The van der Waals surface area contributed by atoms with Crippen molar-refractivity contribution in [1.29, 1.82) is 0 Å². The summed E-state index contributed by atoms with van der Waals surface area (Å²) >= 11 is 0. The largest absolute Gasteiger partial charge is 0.481 e. The number of hydrogen-bond donors (Lipinski definition) is 13. The van der Waals surface area contributed by atoms with E-state index in [4.69, 9.17) is 23.7 Å². The van der Waals surface area contributed by atoms with Crippen LogP contribution in [0.1, 0.15) is 103 Å². The third kappa shape index (κ3) is 20.7. The van der Waals surface area contributed by atoms with E-state index in [9.17, 15) is 70.6 Å². The minimum absolute atomic E-state index is 0.115. The maximum absolute atomic E-state index is 12.9. The number of fused-ring (bicyclic) bond motifs is 5. The van der Waals surface area contributed by atoms with Crippen LogP contribution in [0.2, 0.25) is 0 Å². The number of ether oxygens (including phenoxy) is 5. The first kappa shape index (κ1) is 69.4. The first-order valence-electron chi connectivity index (χ1n) is 29.8. The summed E-state index contributed by atoms with van der Waals surface area (Å²) in [5, 5.41) is 128. The standard InChI is InChI=1S/C65H90N2O19/c1-39-22-15-13-11-9-7-5-6-8-10-12-14-16-23-46(85-63-61(77)58(60(76)42(4)84-63)66-30-21-31-67-64(80)82-38-51-49-26-19-17-24-47(49)48-25-18-20-27-50(48)51)35-55-57(62(78)79)54(73)37-65(81,86-55)36-45(70)33-53(72)52(71)29-28-43(68)32-44(69)34-56(74)83-41(3)40(2)59(39)75/h5-20,22-27,39-46,51-55,57-61,63,66,68-73,75-77,81H,21,28-38H2,1-4H3,(H,67,80)(H,78,79)/t39-,40-,41-,42+,43+,44+,45-,46-,52+,53+,54-,55?,57+,58-,59+,60+,61-,63-,65+/m0/s1. The van der Waals surface area contributed by atoms with Gasteiger partial charge in [0.2, 0.25) is 0 Å². The number of esters is 1. The molecule has 0 spiro atoms. The average Bonchev–Trinajstić information content (AvgIpc) is 2.65. The Kier molecular flexibility index (Phi) is 27.5. The molecule has 2 bridgehead atoms. The van der Waals surface area contributed by atoms with Gasteiger partial charge in [-0.25, -0.2) is 4.79 Å². The molecule has 13 N–H and O–H groups in total. The summed E-state index contributed by atoms with van der Waals surface area (Å²) in [6.45, 7) is 7.35. The lowest BCUT2D eigenvalue weighted by molar-refractivity contribution is -0.309. The van der Waals surface area contributed by atoms with Gasteiger partial charge in [0.1, 0.15) is 24.7 Å². The fraction of sp³-hybridized carbons (Fsp3) is 0.554. The van der Waals surface area contributed by atoms with Crippen LogP contribution in [0.15, 0.2) is 134 Å². The first-order chi connectivity index (χ1) is 41.0. The molecule has 2 aromatic rings. The molecule has 2 saturated heterocycles. The monoisotopic (exact) mass is 1200 g/mol. The highest BCUT2D eigenvalue weighted by molar-refractivity contribution is 5.79. The number of nitrogens with one attached hydrogen (secondary N) is 2. The van der Waals surface area contributed by atoms with Crippen molar-refractivity contribution in [3.05, 3.63) is 145 Å². The highest BCUT2D eigenvalue weighted by Gasteiger charge is 2.51. The number of aliphatic hydroxyl groups is 10. The number of aliphatic hydroxyl groups excluding tert-OH is 9. The maximum Gasteiger partial charge on any atom is 0.407 e. The van der Waals surface area contributed by atoms with Crippen molar-refractivity contribution in [2.24, 2.45) is 17.8 Å². The molecule has 21 nitrogen and oxygen atoms in total. The van der Waals surface area contributed by atoms with Crippen LogP contribution in [-0.4, -0.2) is 191 Å². The second kappa shape index (κ2) is 34.1. The Balaban J connectivity index is 1.13. The lowest BCUT2D eigenvalue weighted by Crippen LogP contribution is -2.63. The van der Waals surface area contributed by atoms with Crippen LogP contribution in [-0.2, 0) is 33.3 Å². The van der Waals surface area contributed by atoms with Crippen LogP contribution in [0.5, 0.6) is 0 Å². The van der Waals surface area contributed by atoms with E-state index in [0.29, 0.717) is 6.42 Å². The number of benzene rings is 2. The number of carbonyl (C=O) groups is 3. The number of cyclic esters (lactones) is 1. The van der Waals surface area contributed by atoms with E-state index >= 15 is 0 Å². The zero-order valence-electron chi connectivity index (χ0n) is 49.3. The van der Waals surface area contributed by atoms with Gasteiger partial charge in [-0.05, 0) is 68.3 Å². The molecular formula is C65H90N2O19. The Bertz CT molecular complexity index is 2630. The number of aliphatic carboxylic acids is 1. The first-order valence-corrected chi connectivity index (χ1v) is 29.8. The molecule has 4 aliphatic rings. The lowest BCUT2D eigenvalue weighted by atomic mass is 9.82. The van der Waals surface area contributed by atoms with Gasteiger partial charge in [-0.3, -0.25) is 9.59 Å². The van der Waals surface area contributed by atoms with Crippen molar-refractivity contribution in [1.82, 2.24) is 10.6 Å². The quantitative estimate of drug-likeness (QED) is 0.117. The molecule has 21 heteroatoms. The van der Waals surface area contributed by atoms with E-state index in [0.717, 1.165) is 22.3 Å². The molecule has 1 aliphatic carbocycles. The summed E-state index contributed by atoms with van der Waals surface area (Å²) in [5.74, 6) is -7.10. The Morgan fingerprint density at radius 3 is 1.85 bits per heavy atom. The summed E-state index contributed by atoms with van der Waals surface area (Å²) in [7, 11) is 0. The molecule has 86 heavy (non-hydrogen) atoms. The number of alkyl carbamates (subject to hydrolysis) is 1. The van der Waals surface area contributed by atoms with Crippen molar-refractivity contribution < 1.29 is 94.2 Å². The predicted octanol–water partition coefficient (Wildman–Crippen LogP) is 4.27.